The largest absolute Gasteiger partial charge is 0.242 e. The first-order valence-electron chi connectivity index (χ1n) is 11.0. The highest BCUT2D eigenvalue weighted by Gasteiger charge is 2.29. The molecule has 5 rings (SSSR count). The fraction of sp³-hybridized carbons (Fsp3) is 0.172. The van der Waals surface area contributed by atoms with Gasteiger partial charge in [0.1, 0.15) is 0 Å². The van der Waals surface area contributed by atoms with Crippen molar-refractivity contribution in [2.75, 3.05) is 0 Å². The third-order valence-electron chi connectivity index (χ3n) is 5.49. The first-order chi connectivity index (χ1) is 15.5. The Balaban J connectivity index is 1.83. The van der Waals surface area contributed by atoms with Crippen LogP contribution < -0.4 is 4.57 Å². The van der Waals surface area contributed by atoms with Crippen LogP contribution in [0.3, 0.4) is 0 Å². The van der Waals surface area contributed by atoms with Gasteiger partial charge in [-0.15, -0.1) is 11.3 Å². The van der Waals surface area contributed by atoms with E-state index in [-0.39, 0.29) is 5.41 Å². The van der Waals surface area contributed by atoms with Gasteiger partial charge in [-0.05, 0) is 35.4 Å². The molecule has 2 heterocycles. The third-order valence-corrected chi connectivity index (χ3v) is 6.55. The molecular formula is C29H27N2S+. The molecule has 5 aromatic rings. The summed E-state index contributed by atoms with van der Waals surface area (Å²) < 4.78 is 3.68. The molecule has 0 aliphatic rings. The second kappa shape index (κ2) is 8.33. The molecule has 158 valence electrons. The van der Waals surface area contributed by atoms with Gasteiger partial charge in [-0.3, -0.25) is 0 Å². The Hall–Kier alpha value is -3.30. The summed E-state index contributed by atoms with van der Waals surface area (Å²) in [4.78, 5) is 5.04. The number of thiazole rings is 1. The van der Waals surface area contributed by atoms with Crippen molar-refractivity contribution in [2.24, 2.45) is 5.41 Å². The molecule has 0 aliphatic heterocycles. The lowest BCUT2D eigenvalue weighted by Crippen LogP contribution is -2.44. The monoisotopic (exact) mass is 435 g/mol. The van der Waals surface area contributed by atoms with Gasteiger partial charge in [0.2, 0.25) is 11.4 Å². The number of para-hydroxylation sites is 1. The molecule has 0 fully saturated rings. The highest BCUT2D eigenvalue weighted by molar-refractivity contribution is 7.21. The fourth-order valence-electron chi connectivity index (χ4n) is 4.07. The van der Waals surface area contributed by atoms with Crippen molar-refractivity contribution in [1.82, 2.24) is 4.98 Å². The third kappa shape index (κ3) is 4.21. The molecule has 2 nitrogen and oxygen atoms in total. The van der Waals surface area contributed by atoms with Crippen LogP contribution in [0.2, 0.25) is 0 Å². The number of rotatable bonds is 4. The van der Waals surface area contributed by atoms with E-state index in [1.807, 2.05) is 0 Å². The van der Waals surface area contributed by atoms with Crippen LogP contribution in [0, 0.1) is 5.41 Å². The van der Waals surface area contributed by atoms with Gasteiger partial charge in [0.05, 0.1) is 10.2 Å². The minimum Gasteiger partial charge on any atom is -0.230 e. The van der Waals surface area contributed by atoms with Crippen molar-refractivity contribution in [2.45, 2.75) is 27.3 Å². The maximum Gasteiger partial charge on any atom is 0.242 e. The Morgan fingerprint density at radius 1 is 0.688 bits per heavy atom. The van der Waals surface area contributed by atoms with E-state index in [2.05, 4.69) is 122 Å². The van der Waals surface area contributed by atoms with E-state index in [1.54, 1.807) is 11.3 Å². The average molecular weight is 436 g/mol. The fourth-order valence-corrected chi connectivity index (χ4v) is 5.06. The number of hydrogen-bond donors (Lipinski definition) is 0. The maximum absolute atomic E-state index is 5.04. The van der Waals surface area contributed by atoms with Crippen LogP contribution in [0.15, 0.2) is 97.1 Å². The highest BCUT2D eigenvalue weighted by atomic mass is 32.1. The van der Waals surface area contributed by atoms with Gasteiger partial charge in [-0.2, -0.15) is 4.57 Å². The second-order valence-electron chi connectivity index (χ2n) is 9.38. The van der Waals surface area contributed by atoms with E-state index in [4.69, 9.17) is 4.98 Å². The summed E-state index contributed by atoms with van der Waals surface area (Å²) in [7, 11) is 0. The molecule has 0 N–H and O–H groups in total. The zero-order chi connectivity index (χ0) is 22.1. The van der Waals surface area contributed by atoms with Gasteiger partial charge in [0.25, 0.3) is 0 Å². The minimum atomic E-state index is 0.119. The molecule has 0 unspecified atom stereocenters. The topological polar surface area (TPSA) is 16.8 Å². The Bertz CT molecular complexity index is 1330. The van der Waals surface area contributed by atoms with Gasteiger partial charge in [-0.25, -0.2) is 4.98 Å². The van der Waals surface area contributed by atoms with E-state index < -0.39 is 0 Å². The molecule has 0 saturated heterocycles. The van der Waals surface area contributed by atoms with Crippen LogP contribution in [-0.4, -0.2) is 4.98 Å². The van der Waals surface area contributed by atoms with Crippen molar-refractivity contribution < 1.29 is 4.57 Å². The number of aromatic nitrogens is 2. The van der Waals surface area contributed by atoms with Gasteiger partial charge in [0, 0.05) is 23.1 Å². The molecule has 0 saturated carbocycles. The Morgan fingerprint density at radius 3 is 1.94 bits per heavy atom. The average Bonchev–Trinajstić information content (AvgIpc) is 3.23. The smallest absolute Gasteiger partial charge is 0.230 e. The Kier molecular flexibility index (Phi) is 5.36. The Labute approximate surface area is 193 Å². The predicted octanol–water partition coefficient (Wildman–Crippen LogP) is 7.63. The molecule has 3 aromatic carbocycles. The van der Waals surface area contributed by atoms with Gasteiger partial charge >= 0.3 is 0 Å². The Morgan fingerprint density at radius 2 is 1.28 bits per heavy atom. The van der Waals surface area contributed by atoms with E-state index >= 15 is 0 Å². The number of nitrogens with zero attached hydrogens (tertiary/aromatic N) is 2. The summed E-state index contributed by atoms with van der Waals surface area (Å²) in [6.07, 6.45) is 0. The lowest BCUT2D eigenvalue weighted by molar-refractivity contribution is -0.687. The summed E-state index contributed by atoms with van der Waals surface area (Å²) in [6, 6.07) is 34.4. The van der Waals surface area contributed by atoms with E-state index in [9.17, 15) is 0 Å². The molecule has 0 radical (unpaired) electrons. The summed E-state index contributed by atoms with van der Waals surface area (Å²) in [5, 5.41) is 1.06. The second-order valence-corrected chi connectivity index (χ2v) is 10.4. The lowest BCUT2D eigenvalue weighted by atomic mass is 9.94. The molecule has 0 atom stereocenters. The number of hydrogen-bond acceptors (Lipinski definition) is 2. The van der Waals surface area contributed by atoms with Crippen LogP contribution in [0.4, 0.5) is 0 Å². The number of fused-ring (bicyclic) bond motifs is 1. The SMILES string of the molecule is CC(C)(C)C[n+]1c(-c2ccccc2)cc(-c2ccccc2)cc1-c1nc2ccccc2s1. The summed E-state index contributed by atoms with van der Waals surface area (Å²) in [5.41, 5.74) is 7.21. The van der Waals surface area contributed by atoms with E-state index in [1.165, 1.54) is 32.8 Å². The number of benzene rings is 3. The highest BCUT2D eigenvalue weighted by Crippen LogP contribution is 2.34. The van der Waals surface area contributed by atoms with Crippen molar-refractivity contribution in [3.8, 4) is 33.1 Å². The molecule has 2 aromatic heterocycles. The molecule has 32 heavy (non-hydrogen) atoms. The van der Waals surface area contributed by atoms with Crippen LogP contribution in [-0.2, 0) is 6.54 Å². The predicted molar refractivity (Wildman–Crippen MR) is 136 cm³/mol. The van der Waals surface area contributed by atoms with Crippen molar-refractivity contribution in [1.29, 1.82) is 0 Å². The lowest BCUT2D eigenvalue weighted by Gasteiger charge is -2.18. The zero-order valence-corrected chi connectivity index (χ0v) is 19.6. The molecule has 0 spiro atoms. The van der Waals surface area contributed by atoms with Crippen molar-refractivity contribution in [3.05, 3.63) is 97.1 Å². The van der Waals surface area contributed by atoms with Crippen molar-refractivity contribution >= 4 is 21.6 Å². The first kappa shape index (κ1) is 20.6. The molecular weight excluding hydrogens is 408 g/mol. The normalized spacial score (nSPS) is 11.7. The van der Waals surface area contributed by atoms with E-state index in [0.29, 0.717) is 0 Å². The molecule has 0 aliphatic carbocycles. The van der Waals surface area contributed by atoms with Gasteiger partial charge < -0.3 is 0 Å². The minimum absolute atomic E-state index is 0.119. The summed E-state index contributed by atoms with van der Waals surface area (Å²) >= 11 is 1.77. The summed E-state index contributed by atoms with van der Waals surface area (Å²) in [5.74, 6) is 0. The van der Waals surface area contributed by atoms with Crippen LogP contribution >= 0.6 is 11.3 Å². The molecule has 0 bridgehead atoms. The molecule has 0 amide bonds. The number of pyridine rings is 1. The van der Waals surface area contributed by atoms with Crippen LogP contribution in [0.1, 0.15) is 20.8 Å². The summed E-state index contributed by atoms with van der Waals surface area (Å²) in [6.45, 7) is 7.78. The van der Waals surface area contributed by atoms with Gasteiger partial charge in [-0.1, -0.05) is 81.4 Å². The van der Waals surface area contributed by atoms with Crippen molar-refractivity contribution in [3.63, 3.8) is 0 Å². The standard InChI is InChI=1S/C29H27N2S/c1-29(2,3)20-31-25(22-14-8-5-9-15-22)18-23(21-12-6-4-7-13-21)19-26(31)28-30-24-16-10-11-17-27(24)32-28/h4-19H,20H2,1-3H3/q+1. The molecule has 3 heteroatoms. The van der Waals surface area contributed by atoms with Gasteiger partial charge in [0.15, 0.2) is 11.6 Å². The zero-order valence-electron chi connectivity index (χ0n) is 18.7. The quantitative estimate of drug-likeness (QED) is 0.265. The first-order valence-corrected chi connectivity index (χ1v) is 11.8. The van der Waals surface area contributed by atoms with Crippen LogP contribution in [0.5, 0.6) is 0 Å². The maximum atomic E-state index is 5.04. The van der Waals surface area contributed by atoms with Crippen LogP contribution in [0.25, 0.3) is 43.3 Å². The van der Waals surface area contributed by atoms with E-state index in [0.717, 1.165) is 17.1 Å².